The first-order valence-electron chi connectivity index (χ1n) is 1.88. The maximum atomic E-state index is 9.64. The Kier molecular flexibility index (Phi) is 1.11. The normalized spacial score (nSPS) is 18.6. The van der Waals surface area contributed by atoms with E-state index in [2.05, 4.69) is 9.47 Å². The number of hydrogen-bond donors (Lipinski definition) is 0. The van der Waals surface area contributed by atoms with Gasteiger partial charge in [-0.1, -0.05) is 0 Å². The van der Waals surface area contributed by atoms with Crippen LogP contribution in [0.3, 0.4) is 0 Å². The third-order valence-corrected chi connectivity index (χ3v) is 0.663. The van der Waals surface area contributed by atoms with E-state index in [9.17, 15) is 4.79 Å². The summed E-state index contributed by atoms with van der Waals surface area (Å²) in [5, 5.41) is 0. The van der Waals surface area contributed by atoms with Crippen molar-refractivity contribution in [1.82, 2.24) is 0 Å². The minimum Gasteiger partial charge on any atom is -0.458 e. The molecule has 0 atom stereocenters. The van der Waals surface area contributed by atoms with E-state index >= 15 is 0 Å². The Morgan fingerprint density at radius 2 is 2.57 bits per heavy atom. The Morgan fingerprint density at radius 1 is 1.71 bits per heavy atom. The van der Waals surface area contributed by atoms with Gasteiger partial charge in [0.15, 0.2) is 12.7 Å². The molecule has 1 rings (SSSR count). The fourth-order valence-electron chi connectivity index (χ4n) is 0.348. The van der Waals surface area contributed by atoms with E-state index < -0.39 is 0 Å². The minimum atomic E-state index is 0.199. The third kappa shape index (κ3) is 0.796. The summed E-state index contributed by atoms with van der Waals surface area (Å²) in [7, 11) is 0. The van der Waals surface area contributed by atoms with Crippen LogP contribution in [-0.2, 0) is 14.3 Å². The summed E-state index contributed by atoms with van der Waals surface area (Å²) in [4.78, 5) is 9.64. The highest BCUT2D eigenvalue weighted by molar-refractivity contribution is 5.49. The maximum Gasteiger partial charge on any atom is 0.208 e. The predicted octanol–water partition coefficient (Wildman–Crippen LogP) is -0.294. The molecule has 1 aliphatic rings. The van der Waals surface area contributed by atoms with E-state index in [0.29, 0.717) is 0 Å². The Hall–Kier alpha value is -0.790. The molecule has 0 unspecified atom stereocenters. The van der Waals surface area contributed by atoms with Crippen LogP contribution in [0.4, 0.5) is 0 Å². The van der Waals surface area contributed by atoms with Crippen LogP contribution in [0.1, 0.15) is 0 Å². The van der Waals surface area contributed by atoms with Gasteiger partial charge in [0.2, 0.25) is 5.76 Å². The van der Waals surface area contributed by atoms with Gasteiger partial charge in [-0.3, -0.25) is 0 Å². The van der Waals surface area contributed by atoms with Crippen LogP contribution < -0.4 is 0 Å². The Balaban J connectivity index is 2.57. The minimum absolute atomic E-state index is 0.199. The van der Waals surface area contributed by atoms with Crippen molar-refractivity contribution in [3.05, 3.63) is 5.76 Å². The smallest absolute Gasteiger partial charge is 0.208 e. The summed E-state index contributed by atoms with van der Waals surface area (Å²) in [6.45, 7) is 0.480. The second-order valence-electron chi connectivity index (χ2n) is 1.14. The Bertz CT molecular complexity index is 104. The number of hydrogen-bond acceptors (Lipinski definition) is 3. The molecule has 3 heteroatoms. The van der Waals surface area contributed by atoms with Crippen LogP contribution >= 0.6 is 0 Å². The zero-order valence-corrected chi connectivity index (χ0v) is 3.64. The van der Waals surface area contributed by atoms with Gasteiger partial charge in [-0.15, -0.1) is 0 Å². The van der Waals surface area contributed by atoms with E-state index in [0.717, 1.165) is 0 Å². The van der Waals surface area contributed by atoms with Crippen LogP contribution in [0.2, 0.25) is 0 Å². The van der Waals surface area contributed by atoms with Crippen molar-refractivity contribution in [3.8, 4) is 0 Å². The van der Waals surface area contributed by atoms with E-state index in [1.54, 1.807) is 5.94 Å². The lowest BCUT2D eigenvalue weighted by Gasteiger charge is -1.81. The van der Waals surface area contributed by atoms with Crippen LogP contribution in [0.5, 0.6) is 0 Å². The van der Waals surface area contributed by atoms with Gasteiger partial charge < -0.3 is 9.47 Å². The summed E-state index contributed by atoms with van der Waals surface area (Å²) < 4.78 is 9.20. The Morgan fingerprint density at radius 3 is 2.86 bits per heavy atom. The van der Waals surface area contributed by atoms with Gasteiger partial charge in [-0.2, -0.15) is 0 Å². The molecule has 0 aliphatic carbocycles. The summed E-state index contributed by atoms with van der Waals surface area (Å²) in [5.41, 5.74) is 0. The molecule has 0 N–H and O–H groups in total. The molecule has 0 bridgehead atoms. The molecule has 1 heterocycles. The van der Waals surface area contributed by atoms with Crippen molar-refractivity contribution in [3.63, 3.8) is 0 Å². The average molecular weight is 100 g/mol. The van der Waals surface area contributed by atoms with Crippen molar-refractivity contribution in [1.29, 1.82) is 0 Å². The first-order valence-corrected chi connectivity index (χ1v) is 1.88. The van der Waals surface area contributed by atoms with E-state index in [-0.39, 0.29) is 19.2 Å². The lowest BCUT2D eigenvalue weighted by molar-refractivity contribution is 0.0804. The van der Waals surface area contributed by atoms with E-state index in [1.165, 1.54) is 0 Å². The van der Waals surface area contributed by atoms with Gasteiger partial charge in [0.1, 0.15) is 6.61 Å². The quantitative estimate of drug-likeness (QED) is 0.392. The first kappa shape index (κ1) is 4.37. The van der Waals surface area contributed by atoms with Crippen molar-refractivity contribution in [2.45, 2.75) is 0 Å². The van der Waals surface area contributed by atoms with E-state index in [1.807, 2.05) is 0 Å². The second-order valence-corrected chi connectivity index (χ2v) is 1.14. The molecule has 38 valence electrons. The second kappa shape index (κ2) is 1.78. The van der Waals surface area contributed by atoms with Gasteiger partial charge in [0.25, 0.3) is 0 Å². The largest absolute Gasteiger partial charge is 0.458 e. The standard InChI is InChI=1S/C4H4O3/c5-1-4-2-6-3-7-4/h2-3H2. The molecule has 7 heavy (non-hydrogen) atoms. The summed E-state index contributed by atoms with van der Waals surface area (Å²) in [6, 6.07) is 0. The predicted molar refractivity (Wildman–Crippen MR) is 21.1 cm³/mol. The molecule has 1 fully saturated rings. The van der Waals surface area contributed by atoms with Crippen LogP contribution in [0, 0.1) is 0 Å². The summed E-state index contributed by atoms with van der Waals surface area (Å²) in [5.74, 6) is 1.85. The number of ether oxygens (including phenoxy) is 2. The molecule has 0 saturated carbocycles. The molecule has 0 aromatic heterocycles. The van der Waals surface area contributed by atoms with E-state index in [4.69, 9.17) is 0 Å². The SMILES string of the molecule is O=C=C1COCO1. The summed E-state index contributed by atoms with van der Waals surface area (Å²) in [6.07, 6.45) is 0. The van der Waals surface area contributed by atoms with Gasteiger partial charge in [0.05, 0.1) is 0 Å². The fraction of sp³-hybridized carbons (Fsp3) is 0.500. The van der Waals surface area contributed by atoms with Crippen LogP contribution in [0.15, 0.2) is 5.76 Å². The topological polar surface area (TPSA) is 35.5 Å². The molecule has 1 saturated heterocycles. The van der Waals surface area contributed by atoms with Crippen molar-refractivity contribution < 1.29 is 14.3 Å². The molecule has 3 nitrogen and oxygen atoms in total. The molecular weight excluding hydrogens is 96.0 g/mol. The van der Waals surface area contributed by atoms with Crippen molar-refractivity contribution in [2.24, 2.45) is 0 Å². The number of carbonyl (C=O) groups excluding carboxylic acids is 1. The average Bonchev–Trinajstić information content (AvgIpc) is 2.14. The zero-order chi connectivity index (χ0) is 5.11. The molecule has 1 aliphatic heterocycles. The fourth-order valence-corrected chi connectivity index (χ4v) is 0.348. The zero-order valence-electron chi connectivity index (χ0n) is 3.64. The van der Waals surface area contributed by atoms with Gasteiger partial charge in [0, 0.05) is 0 Å². The van der Waals surface area contributed by atoms with Crippen LogP contribution in [0.25, 0.3) is 0 Å². The van der Waals surface area contributed by atoms with Crippen LogP contribution in [-0.4, -0.2) is 19.3 Å². The lowest BCUT2D eigenvalue weighted by atomic mass is 10.6. The van der Waals surface area contributed by atoms with Crippen molar-refractivity contribution >= 4 is 5.94 Å². The molecule has 0 amide bonds. The highest BCUT2D eigenvalue weighted by Crippen LogP contribution is 2.00. The molecule has 0 aromatic carbocycles. The third-order valence-electron chi connectivity index (χ3n) is 0.663. The highest BCUT2D eigenvalue weighted by Gasteiger charge is 2.06. The molecular formula is C4H4O3. The number of rotatable bonds is 0. The van der Waals surface area contributed by atoms with Gasteiger partial charge >= 0.3 is 0 Å². The van der Waals surface area contributed by atoms with Crippen molar-refractivity contribution in [2.75, 3.05) is 13.4 Å². The van der Waals surface area contributed by atoms with Gasteiger partial charge in [-0.05, 0) is 0 Å². The first-order chi connectivity index (χ1) is 3.43. The highest BCUT2D eigenvalue weighted by atomic mass is 16.7. The Labute approximate surface area is 40.5 Å². The molecule has 0 spiro atoms. The summed E-state index contributed by atoms with van der Waals surface area (Å²) >= 11 is 0. The maximum absolute atomic E-state index is 9.64. The van der Waals surface area contributed by atoms with Gasteiger partial charge in [-0.25, -0.2) is 4.79 Å². The monoisotopic (exact) mass is 100 g/mol. The lowest BCUT2D eigenvalue weighted by Crippen LogP contribution is -1.80. The molecule has 0 radical (unpaired) electrons. The molecule has 0 aromatic rings.